The number of rotatable bonds is 5. The van der Waals surface area contributed by atoms with E-state index in [1.54, 1.807) is 12.0 Å². The summed E-state index contributed by atoms with van der Waals surface area (Å²) in [6, 6.07) is 17.4. The highest BCUT2D eigenvalue weighted by Crippen LogP contribution is 2.28. The highest BCUT2D eigenvalue weighted by atomic mass is 16.5. The summed E-state index contributed by atoms with van der Waals surface area (Å²) in [7, 11) is 1.68. The molecule has 0 saturated carbocycles. The van der Waals surface area contributed by atoms with Gasteiger partial charge < -0.3 is 14.7 Å². The lowest BCUT2D eigenvalue weighted by Gasteiger charge is -2.39. The monoisotopic (exact) mass is 434 g/mol. The number of nitrogens with zero attached hydrogens (tertiary/aromatic N) is 4. The van der Waals surface area contributed by atoms with Gasteiger partial charge in [-0.25, -0.2) is 9.59 Å². The Morgan fingerprint density at radius 2 is 1.88 bits per heavy atom. The normalized spacial score (nSPS) is 16.7. The number of ether oxygens (including phenoxy) is 1. The Balaban J connectivity index is 1.42. The van der Waals surface area contributed by atoms with Crippen molar-refractivity contribution in [1.29, 1.82) is 0 Å². The van der Waals surface area contributed by atoms with Crippen LogP contribution >= 0.6 is 0 Å². The number of hydrogen-bond acceptors (Lipinski definition) is 5. The second-order valence-electron chi connectivity index (χ2n) is 7.90. The number of aromatic carboxylic acids is 1. The molecule has 1 aliphatic heterocycles. The summed E-state index contributed by atoms with van der Waals surface area (Å²) in [4.78, 5) is 27.8. The number of carbonyl (C=O) groups excluding carboxylic acids is 1. The van der Waals surface area contributed by atoms with Crippen LogP contribution in [0.1, 0.15) is 23.0 Å². The molecule has 1 N–H and O–H groups in total. The SMILES string of the molecule is COc1cc(-c2ccccc2)ccc1CN1CCN(C(=O)n2ccc(C(=O)O)n2)[C@H](C)C1. The van der Waals surface area contributed by atoms with Crippen LogP contribution in [-0.2, 0) is 6.54 Å². The van der Waals surface area contributed by atoms with Gasteiger partial charge in [0.1, 0.15) is 5.75 Å². The van der Waals surface area contributed by atoms with Gasteiger partial charge in [0.05, 0.1) is 7.11 Å². The van der Waals surface area contributed by atoms with Crippen LogP contribution in [0.3, 0.4) is 0 Å². The van der Waals surface area contributed by atoms with Crippen LogP contribution in [0.4, 0.5) is 4.79 Å². The average molecular weight is 434 g/mol. The van der Waals surface area contributed by atoms with E-state index in [1.807, 2.05) is 25.1 Å². The first kappa shape index (κ1) is 21.6. The number of carboxylic acid groups (broad SMARTS) is 1. The Morgan fingerprint density at radius 3 is 2.53 bits per heavy atom. The number of methoxy groups -OCH3 is 1. The summed E-state index contributed by atoms with van der Waals surface area (Å²) in [6.07, 6.45) is 1.39. The van der Waals surface area contributed by atoms with E-state index in [2.05, 4.69) is 40.3 Å². The molecule has 8 nitrogen and oxygen atoms in total. The topological polar surface area (TPSA) is 87.9 Å². The molecule has 166 valence electrons. The average Bonchev–Trinajstić information content (AvgIpc) is 3.30. The maximum absolute atomic E-state index is 12.8. The summed E-state index contributed by atoms with van der Waals surface area (Å²) in [5.41, 5.74) is 3.20. The molecule has 32 heavy (non-hydrogen) atoms. The molecule has 1 atom stereocenters. The fourth-order valence-corrected chi connectivity index (χ4v) is 4.06. The second-order valence-corrected chi connectivity index (χ2v) is 7.90. The summed E-state index contributed by atoms with van der Waals surface area (Å²) in [5.74, 6) is -0.308. The lowest BCUT2D eigenvalue weighted by atomic mass is 10.0. The Bertz CT molecular complexity index is 1110. The molecule has 0 spiro atoms. The van der Waals surface area contributed by atoms with Crippen molar-refractivity contribution in [2.45, 2.75) is 19.5 Å². The zero-order valence-electron chi connectivity index (χ0n) is 18.1. The van der Waals surface area contributed by atoms with Gasteiger partial charge in [0.25, 0.3) is 0 Å². The summed E-state index contributed by atoms with van der Waals surface area (Å²) in [6.45, 7) is 4.64. The minimum Gasteiger partial charge on any atom is -0.496 e. The molecule has 1 aromatic heterocycles. The number of benzene rings is 2. The van der Waals surface area contributed by atoms with E-state index in [4.69, 9.17) is 9.84 Å². The van der Waals surface area contributed by atoms with Gasteiger partial charge in [-0.2, -0.15) is 9.78 Å². The molecule has 0 aliphatic carbocycles. The van der Waals surface area contributed by atoms with Crippen molar-refractivity contribution in [3.8, 4) is 16.9 Å². The number of piperazine rings is 1. The Labute approximate surface area is 186 Å². The van der Waals surface area contributed by atoms with Crippen molar-refractivity contribution in [3.63, 3.8) is 0 Å². The number of hydrogen-bond donors (Lipinski definition) is 1. The van der Waals surface area contributed by atoms with Gasteiger partial charge in [-0.15, -0.1) is 0 Å². The van der Waals surface area contributed by atoms with E-state index >= 15 is 0 Å². The first-order valence-corrected chi connectivity index (χ1v) is 10.5. The van der Waals surface area contributed by atoms with E-state index in [0.717, 1.165) is 33.7 Å². The lowest BCUT2D eigenvalue weighted by molar-refractivity contribution is 0.0689. The maximum Gasteiger partial charge on any atom is 0.356 e. The molecule has 1 aliphatic rings. The zero-order valence-corrected chi connectivity index (χ0v) is 18.1. The summed E-state index contributed by atoms with van der Waals surface area (Å²) < 4.78 is 6.76. The van der Waals surface area contributed by atoms with E-state index in [1.165, 1.54) is 12.3 Å². The maximum atomic E-state index is 12.8. The van der Waals surface area contributed by atoms with Gasteiger partial charge in [0.2, 0.25) is 0 Å². The van der Waals surface area contributed by atoms with Crippen LogP contribution in [0, 0.1) is 0 Å². The standard InChI is InChI=1S/C24H26N4O4/c1-17-15-26(12-13-27(17)24(31)28-11-10-21(25-28)23(29)30)16-20-9-8-19(14-22(20)32-2)18-6-4-3-5-7-18/h3-11,14,17H,12-13,15-16H2,1-2H3,(H,29,30)/t17-/m1/s1. The molecular formula is C24H26N4O4. The van der Waals surface area contributed by atoms with Gasteiger partial charge in [-0.05, 0) is 30.2 Å². The highest BCUT2D eigenvalue weighted by molar-refractivity contribution is 5.86. The van der Waals surface area contributed by atoms with Gasteiger partial charge >= 0.3 is 12.0 Å². The molecule has 2 aromatic carbocycles. The molecule has 0 radical (unpaired) electrons. The second kappa shape index (κ2) is 9.23. The molecule has 0 unspecified atom stereocenters. The number of amides is 1. The number of aromatic nitrogens is 2. The van der Waals surface area contributed by atoms with E-state index in [0.29, 0.717) is 19.6 Å². The van der Waals surface area contributed by atoms with E-state index in [9.17, 15) is 9.59 Å². The highest BCUT2D eigenvalue weighted by Gasteiger charge is 2.29. The van der Waals surface area contributed by atoms with Crippen LogP contribution in [-0.4, -0.2) is 69.5 Å². The third-order valence-electron chi connectivity index (χ3n) is 5.75. The largest absolute Gasteiger partial charge is 0.496 e. The Morgan fingerprint density at radius 1 is 1.09 bits per heavy atom. The first-order valence-electron chi connectivity index (χ1n) is 10.5. The summed E-state index contributed by atoms with van der Waals surface area (Å²) in [5, 5.41) is 12.9. The van der Waals surface area contributed by atoms with Crippen LogP contribution in [0.15, 0.2) is 60.8 Å². The van der Waals surface area contributed by atoms with Gasteiger partial charge in [0.15, 0.2) is 5.69 Å². The molecular weight excluding hydrogens is 408 g/mol. The molecule has 2 heterocycles. The molecule has 1 amide bonds. The fourth-order valence-electron chi connectivity index (χ4n) is 4.06. The molecule has 3 aromatic rings. The van der Waals surface area contributed by atoms with Crippen LogP contribution in [0.2, 0.25) is 0 Å². The fraction of sp³-hybridized carbons (Fsp3) is 0.292. The molecule has 1 fully saturated rings. The van der Waals surface area contributed by atoms with Crippen molar-refractivity contribution in [3.05, 3.63) is 72.1 Å². The van der Waals surface area contributed by atoms with Gasteiger partial charge in [0, 0.05) is 44.0 Å². The first-order chi connectivity index (χ1) is 15.5. The Kier molecular flexibility index (Phi) is 6.23. The predicted octanol–water partition coefficient (Wildman–Crippen LogP) is 3.43. The zero-order chi connectivity index (χ0) is 22.7. The van der Waals surface area contributed by atoms with Crippen LogP contribution in [0.5, 0.6) is 5.75 Å². The van der Waals surface area contributed by atoms with Crippen molar-refractivity contribution in [2.24, 2.45) is 0 Å². The minimum atomic E-state index is -1.15. The summed E-state index contributed by atoms with van der Waals surface area (Å²) >= 11 is 0. The third kappa shape index (κ3) is 4.50. The predicted molar refractivity (Wildman–Crippen MR) is 120 cm³/mol. The minimum absolute atomic E-state index is 0.0386. The number of carboxylic acids is 1. The lowest BCUT2D eigenvalue weighted by Crippen LogP contribution is -2.54. The molecule has 8 heteroatoms. The number of carbonyl (C=O) groups is 2. The van der Waals surface area contributed by atoms with Crippen LogP contribution in [0.25, 0.3) is 11.1 Å². The third-order valence-corrected chi connectivity index (χ3v) is 5.75. The Hall–Kier alpha value is -3.65. The van der Waals surface area contributed by atoms with Crippen molar-refractivity contribution >= 4 is 12.0 Å². The molecule has 0 bridgehead atoms. The van der Waals surface area contributed by atoms with Crippen molar-refractivity contribution < 1.29 is 19.4 Å². The van der Waals surface area contributed by atoms with Crippen LogP contribution < -0.4 is 4.74 Å². The van der Waals surface area contributed by atoms with Gasteiger partial charge in [-0.3, -0.25) is 4.90 Å². The van der Waals surface area contributed by atoms with Gasteiger partial charge in [-0.1, -0.05) is 42.5 Å². The van der Waals surface area contributed by atoms with E-state index < -0.39 is 5.97 Å². The molecule has 4 rings (SSSR count). The van der Waals surface area contributed by atoms with E-state index in [-0.39, 0.29) is 17.8 Å². The van der Waals surface area contributed by atoms with Crippen molar-refractivity contribution in [2.75, 3.05) is 26.7 Å². The molecule has 1 saturated heterocycles. The van der Waals surface area contributed by atoms with Crippen molar-refractivity contribution in [1.82, 2.24) is 19.6 Å². The smallest absolute Gasteiger partial charge is 0.356 e. The quantitative estimate of drug-likeness (QED) is 0.662.